The number of nitrogens with one attached hydrogen (secondary N) is 2. The Morgan fingerprint density at radius 1 is 1.23 bits per heavy atom. The molecule has 0 heterocycles. The number of hydrogen-bond acceptors (Lipinski definition) is 4. The van der Waals surface area contributed by atoms with Crippen LogP contribution in [0.4, 0.5) is 4.79 Å². The summed E-state index contributed by atoms with van der Waals surface area (Å²) in [5.74, 6) is -0.0416. The van der Waals surface area contributed by atoms with Crippen LogP contribution in [-0.2, 0) is 11.3 Å². The van der Waals surface area contributed by atoms with Gasteiger partial charge in [0.15, 0.2) is 0 Å². The van der Waals surface area contributed by atoms with E-state index in [-0.39, 0.29) is 12.5 Å². The standard InChI is InChI=1S/C15H22N2O5/c1-9(2)13(14(18)19)17-15(20)16-8-10-5-6-11(21-3)7-12(10)22-4/h5-7,9,13H,8H2,1-4H3,(H,18,19)(H2,16,17,20). The van der Waals surface area contributed by atoms with Gasteiger partial charge in [0.05, 0.1) is 14.2 Å². The highest BCUT2D eigenvalue weighted by molar-refractivity contribution is 5.82. The minimum atomic E-state index is -1.06. The highest BCUT2D eigenvalue weighted by Crippen LogP contribution is 2.24. The molecule has 0 spiro atoms. The molecular weight excluding hydrogens is 288 g/mol. The van der Waals surface area contributed by atoms with E-state index in [0.29, 0.717) is 11.5 Å². The van der Waals surface area contributed by atoms with Gasteiger partial charge in [-0.15, -0.1) is 0 Å². The van der Waals surface area contributed by atoms with Crippen LogP contribution in [0.1, 0.15) is 19.4 Å². The molecule has 7 nitrogen and oxygen atoms in total. The topological polar surface area (TPSA) is 96.9 Å². The fourth-order valence-corrected chi connectivity index (χ4v) is 1.88. The van der Waals surface area contributed by atoms with Crippen LogP contribution in [0.15, 0.2) is 18.2 Å². The highest BCUT2D eigenvalue weighted by atomic mass is 16.5. The number of carboxylic acids is 1. The Labute approximate surface area is 129 Å². The molecule has 1 unspecified atom stereocenters. The SMILES string of the molecule is COc1ccc(CNC(=O)NC(C(=O)O)C(C)C)c(OC)c1. The molecule has 0 radical (unpaired) electrons. The van der Waals surface area contributed by atoms with Crippen molar-refractivity contribution >= 4 is 12.0 Å². The smallest absolute Gasteiger partial charge is 0.326 e. The largest absolute Gasteiger partial charge is 0.497 e. The Morgan fingerprint density at radius 2 is 1.91 bits per heavy atom. The second kappa shape index (κ2) is 8.11. The molecule has 0 aliphatic rings. The van der Waals surface area contributed by atoms with Gasteiger partial charge in [0.25, 0.3) is 0 Å². The van der Waals surface area contributed by atoms with Crippen molar-refractivity contribution in [2.75, 3.05) is 14.2 Å². The van der Waals surface area contributed by atoms with E-state index in [1.807, 2.05) is 0 Å². The van der Waals surface area contributed by atoms with Gasteiger partial charge < -0.3 is 25.2 Å². The number of hydrogen-bond donors (Lipinski definition) is 3. The number of amides is 2. The summed E-state index contributed by atoms with van der Waals surface area (Å²) in [5, 5.41) is 14.1. The fraction of sp³-hybridized carbons (Fsp3) is 0.467. The Hall–Kier alpha value is -2.44. The lowest BCUT2D eigenvalue weighted by molar-refractivity contribution is -0.140. The highest BCUT2D eigenvalue weighted by Gasteiger charge is 2.23. The van der Waals surface area contributed by atoms with Gasteiger partial charge in [-0.25, -0.2) is 9.59 Å². The molecule has 1 rings (SSSR count). The summed E-state index contributed by atoms with van der Waals surface area (Å²) in [6.07, 6.45) is 0. The number of carbonyl (C=O) groups is 2. The molecule has 1 aromatic carbocycles. The first-order valence-electron chi connectivity index (χ1n) is 6.87. The summed E-state index contributed by atoms with van der Waals surface area (Å²) in [6.45, 7) is 3.67. The van der Waals surface area contributed by atoms with Crippen molar-refractivity contribution in [2.45, 2.75) is 26.4 Å². The second-order valence-electron chi connectivity index (χ2n) is 5.06. The number of benzene rings is 1. The Morgan fingerprint density at radius 3 is 2.41 bits per heavy atom. The third-order valence-corrected chi connectivity index (χ3v) is 3.15. The van der Waals surface area contributed by atoms with E-state index in [2.05, 4.69) is 10.6 Å². The lowest BCUT2D eigenvalue weighted by atomic mass is 10.1. The monoisotopic (exact) mass is 310 g/mol. The first kappa shape index (κ1) is 17.6. The molecule has 0 aliphatic carbocycles. The van der Waals surface area contributed by atoms with E-state index in [9.17, 15) is 9.59 Å². The first-order valence-corrected chi connectivity index (χ1v) is 6.87. The third kappa shape index (κ3) is 4.83. The molecule has 0 aromatic heterocycles. The second-order valence-corrected chi connectivity index (χ2v) is 5.06. The van der Waals surface area contributed by atoms with E-state index in [1.54, 1.807) is 39.2 Å². The fourth-order valence-electron chi connectivity index (χ4n) is 1.88. The molecule has 2 amide bonds. The number of aliphatic carboxylic acids is 1. The summed E-state index contributed by atoms with van der Waals surface area (Å²) in [4.78, 5) is 22.9. The van der Waals surface area contributed by atoms with E-state index >= 15 is 0 Å². The van der Waals surface area contributed by atoms with Crippen molar-refractivity contribution in [3.05, 3.63) is 23.8 Å². The summed E-state index contributed by atoms with van der Waals surface area (Å²) >= 11 is 0. The van der Waals surface area contributed by atoms with Crippen LogP contribution in [0.5, 0.6) is 11.5 Å². The lowest BCUT2D eigenvalue weighted by Gasteiger charge is -2.18. The number of rotatable bonds is 7. The van der Waals surface area contributed by atoms with Crippen LogP contribution in [0.25, 0.3) is 0 Å². The number of carbonyl (C=O) groups excluding carboxylic acids is 1. The van der Waals surface area contributed by atoms with E-state index < -0.39 is 18.0 Å². The molecule has 0 aliphatic heterocycles. The lowest BCUT2D eigenvalue weighted by Crippen LogP contribution is -2.48. The molecule has 0 fully saturated rings. The van der Waals surface area contributed by atoms with Crippen molar-refractivity contribution in [2.24, 2.45) is 5.92 Å². The average molecular weight is 310 g/mol. The van der Waals surface area contributed by atoms with Crippen LogP contribution >= 0.6 is 0 Å². The normalized spacial score (nSPS) is 11.7. The average Bonchev–Trinajstić information content (AvgIpc) is 2.49. The van der Waals surface area contributed by atoms with Gasteiger partial charge in [0, 0.05) is 18.2 Å². The van der Waals surface area contributed by atoms with Crippen LogP contribution in [0, 0.1) is 5.92 Å². The van der Waals surface area contributed by atoms with E-state index in [1.165, 1.54) is 7.11 Å². The van der Waals surface area contributed by atoms with Gasteiger partial charge >= 0.3 is 12.0 Å². The van der Waals surface area contributed by atoms with Crippen LogP contribution in [0.2, 0.25) is 0 Å². The summed E-state index contributed by atoms with van der Waals surface area (Å²) in [5.41, 5.74) is 0.759. The van der Waals surface area contributed by atoms with Gasteiger partial charge in [0.2, 0.25) is 0 Å². The minimum Gasteiger partial charge on any atom is -0.497 e. The summed E-state index contributed by atoms with van der Waals surface area (Å²) < 4.78 is 10.3. The summed E-state index contributed by atoms with van der Waals surface area (Å²) in [6, 6.07) is 3.76. The van der Waals surface area contributed by atoms with Gasteiger partial charge in [-0.3, -0.25) is 0 Å². The first-order chi connectivity index (χ1) is 10.4. The molecular formula is C15H22N2O5. The Balaban J connectivity index is 2.66. The number of urea groups is 1. The molecule has 22 heavy (non-hydrogen) atoms. The zero-order valence-electron chi connectivity index (χ0n) is 13.2. The van der Waals surface area contributed by atoms with Crippen LogP contribution in [-0.4, -0.2) is 37.4 Å². The molecule has 0 saturated heterocycles. The van der Waals surface area contributed by atoms with E-state index in [0.717, 1.165) is 5.56 Å². The van der Waals surface area contributed by atoms with E-state index in [4.69, 9.17) is 14.6 Å². The van der Waals surface area contributed by atoms with Gasteiger partial charge in [-0.2, -0.15) is 0 Å². The molecule has 1 atom stereocenters. The summed E-state index contributed by atoms with van der Waals surface area (Å²) in [7, 11) is 3.08. The molecule has 1 aromatic rings. The molecule has 0 bridgehead atoms. The number of ether oxygens (including phenoxy) is 2. The van der Waals surface area contributed by atoms with Crippen LogP contribution < -0.4 is 20.1 Å². The Bertz CT molecular complexity index is 531. The predicted octanol–water partition coefficient (Wildman–Crippen LogP) is 1.61. The van der Waals surface area contributed by atoms with Gasteiger partial charge in [0.1, 0.15) is 17.5 Å². The zero-order valence-corrected chi connectivity index (χ0v) is 13.2. The van der Waals surface area contributed by atoms with Gasteiger partial charge in [-0.05, 0) is 18.1 Å². The third-order valence-electron chi connectivity index (χ3n) is 3.15. The Kier molecular flexibility index (Phi) is 6.49. The van der Waals surface area contributed by atoms with Gasteiger partial charge in [-0.1, -0.05) is 13.8 Å². The maximum atomic E-state index is 11.8. The van der Waals surface area contributed by atoms with Crippen LogP contribution in [0.3, 0.4) is 0 Å². The maximum absolute atomic E-state index is 11.8. The molecule has 7 heteroatoms. The molecule has 122 valence electrons. The zero-order chi connectivity index (χ0) is 16.7. The van der Waals surface area contributed by atoms with Crippen molar-refractivity contribution in [3.8, 4) is 11.5 Å². The van der Waals surface area contributed by atoms with Crippen molar-refractivity contribution in [1.29, 1.82) is 0 Å². The predicted molar refractivity (Wildman–Crippen MR) is 81.2 cm³/mol. The van der Waals surface area contributed by atoms with Crippen molar-refractivity contribution in [3.63, 3.8) is 0 Å². The minimum absolute atomic E-state index is 0.209. The number of methoxy groups -OCH3 is 2. The number of carboxylic acid groups (broad SMARTS) is 1. The molecule has 0 saturated carbocycles. The molecule has 3 N–H and O–H groups in total. The van der Waals surface area contributed by atoms with Crippen molar-refractivity contribution < 1.29 is 24.2 Å². The van der Waals surface area contributed by atoms with Crippen molar-refractivity contribution in [1.82, 2.24) is 10.6 Å². The quantitative estimate of drug-likeness (QED) is 0.711. The maximum Gasteiger partial charge on any atom is 0.326 e.